The molecule has 0 atom stereocenters. The Morgan fingerprint density at radius 3 is 2.58 bits per heavy atom. The number of amides is 1. The zero-order valence-corrected chi connectivity index (χ0v) is 9.50. The van der Waals surface area contributed by atoms with Crippen LogP contribution in [0.4, 0.5) is 10.1 Å². The van der Waals surface area contributed by atoms with E-state index in [9.17, 15) is 14.0 Å². The first-order chi connectivity index (χ1) is 9.08. The number of carbonyl (C=O) groups excluding carboxylic acids is 1. The van der Waals surface area contributed by atoms with Gasteiger partial charge in [0.05, 0.1) is 23.6 Å². The second-order valence-electron chi connectivity index (χ2n) is 3.55. The fourth-order valence-corrected chi connectivity index (χ4v) is 1.35. The highest BCUT2D eigenvalue weighted by molar-refractivity contribution is 6.04. The summed E-state index contributed by atoms with van der Waals surface area (Å²) in [5, 5.41) is 11.1. The third-order valence-electron chi connectivity index (χ3n) is 2.26. The number of carboxylic acid groups (broad SMARTS) is 1. The lowest BCUT2D eigenvalue weighted by atomic mass is 10.2. The van der Waals surface area contributed by atoms with Crippen molar-refractivity contribution < 1.29 is 19.1 Å². The molecule has 2 N–H and O–H groups in total. The van der Waals surface area contributed by atoms with Gasteiger partial charge in [-0.25, -0.2) is 14.2 Å². The number of carboxylic acids is 1. The van der Waals surface area contributed by atoms with Crippen LogP contribution in [0, 0.1) is 5.82 Å². The van der Waals surface area contributed by atoms with Crippen molar-refractivity contribution >= 4 is 17.6 Å². The van der Waals surface area contributed by atoms with E-state index >= 15 is 0 Å². The first-order valence-corrected chi connectivity index (χ1v) is 5.18. The van der Waals surface area contributed by atoms with E-state index in [1.807, 2.05) is 0 Å². The van der Waals surface area contributed by atoms with Gasteiger partial charge in [-0.15, -0.1) is 0 Å². The number of pyridine rings is 2. The van der Waals surface area contributed by atoms with Crippen molar-refractivity contribution in [1.29, 1.82) is 0 Å². The summed E-state index contributed by atoms with van der Waals surface area (Å²) >= 11 is 0. The number of aromatic nitrogens is 2. The molecule has 0 spiro atoms. The molecule has 7 heteroatoms. The summed E-state index contributed by atoms with van der Waals surface area (Å²) in [6.07, 6.45) is 3.41. The smallest absolute Gasteiger partial charge is 0.354 e. The van der Waals surface area contributed by atoms with Gasteiger partial charge < -0.3 is 10.4 Å². The molecule has 2 aromatic heterocycles. The zero-order valence-electron chi connectivity index (χ0n) is 9.50. The third-order valence-corrected chi connectivity index (χ3v) is 2.26. The summed E-state index contributed by atoms with van der Waals surface area (Å²) in [4.78, 5) is 29.5. The Labute approximate surface area is 106 Å². The molecule has 2 aromatic rings. The lowest BCUT2D eigenvalue weighted by Gasteiger charge is -2.05. The van der Waals surface area contributed by atoms with Crippen LogP contribution in [0.1, 0.15) is 20.8 Å². The Bertz CT molecular complexity index is 628. The van der Waals surface area contributed by atoms with E-state index in [0.29, 0.717) is 0 Å². The summed E-state index contributed by atoms with van der Waals surface area (Å²) < 4.78 is 13.3. The predicted octanol–water partition coefficient (Wildman–Crippen LogP) is 1.57. The van der Waals surface area contributed by atoms with E-state index in [4.69, 9.17) is 5.11 Å². The highest BCUT2D eigenvalue weighted by Gasteiger charge is 2.12. The molecule has 6 nitrogen and oxygen atoms in total. The summed E-state index contributed by atoms with van der Waals surface area (Å²) in [6, 6.07) is 3.85. The van der Waals surface area contributed by atoms with Crippen LogP contribution in [-0.4, -0.2) is 27.0 Å². The van der Waals surface area contributed by atoms with Gasteiger partial charge in [0.15, 0.2) is 5.82 Å². The standard InChI is InChI=1S/C12H8FN3O3/c13-9-6-14-4-3-8(9)11(17)16-7-1-2-10(12(18)19)15-5-7/h1-6H,(H,16,17)(H,18,19). The number of hydrogen-bond donors (Lipinski definition) is 2. The van der Waals surface area contributed by atoms with E-state index in [1.165, 1.54) is 30.6 Å². The van der Waals surface area contributed by atoms with Crippen LogP contribution >= 0.6 is 0 Å². The van der Waals surface area contributed by atoms with Crippen molar-refractivity contribution in [2.24, 2.45) is 0 Å². The maximum absolute atomic E-state index is 13.3. The Morgan fingerprint density at radius 1 is 1.21 bits per heavy atom. The van der Waals surface area contributed by atoms with Crippen molar-refractivity contribution in [2.45, 2.75) is 0 Å². The SMILES string of the molecule is O=C(O)c1ccc(NC(=O)c2ccncc2F)cn1. The molecule has 2 heterocycles. The highest BCUT2D eigenvalue weighted by Crippen LogP contribution is 2.10. The lowest BCUT2D eigenvalue weighted by molar-refractivity contribution is 0.0690. The van der Waals surface area contributed by atoms with Crippen LogP contribution in [-0.2, 0) is 0 Å². The molecule has 0 saturated carbocycles. The van der Waals surface area contributed by atoms with E-state index in [1.54, 1.807) is 0 Å². The van der Waals surface area contributed by atoms with Crippen molar-refractivity contribution in [3.05, 3.63) is 53.9 Å². The van der Waals surface area contributed by atoms with Gasteiger partial charge in [-0.05, 0) is 18.2 Å². The van der Waals surface area contributed by atoms with Gasteiger partial charge in [-0.2, -0.15) is 0 Å². The van der Waals surface area contributed by atoms with Crippen molar-refractivity contribution in [3.63, 3.8) is 0 Å². The normalized spacial score (nSPS) is 9.95. The molecule has 0 radical (unpaired) electrons. The van der Waals surface area contributed by atoms with Gasteiger partial charge in [0.2, 0.25) is 0 Å². The molecule has 0 aromatic carbocycles. The fourth-order valence-electron chi connectivity index (χ4n) is 1.35. The number of carbonyl (C=O) groups is 2. The first-order valence-electron chi connectivity index (χ1n) is 5.18. The first kappa shape index (κ1) is 12.6. The molecule has 0 saturated heterocycles. The molecule has 0 unspecified atom stereocenters. The van der Waals surface area contributed by atoms with Crippen LogP contribution < -0.4 is 5.32 Å². The minimum atomic E-state index is -1.17. The van der Waals surface area contributed by atoms with E-state index in [2.05, 4.69) is 15.3 Å². The summed E-state index contributed by atoms with van der Waals surface area (Å²) in [5.74, 6) is -2.57. The average Bonchev–Trinajstić information content (AvgIpc) is 2.39. The van der Waals surface area contributed by atoms with Crippen LogP contribution in [0.25, 0.3) is 0 Å². The molecule has 1 amide bonds. The minimum absolute atomic E-state index is 0.145. The molecule has 0 bridgehead atoms. The molecule has 96 valence electrons. The highest BCUT2D eigenvalue weighted by atomic mass is 19.1. The number of anilines is 1. The summed E-state index contributed by atoms with van der Waals surface area (Å²) in [5.41, 5.74) is -0.0309. The van der Waals surface area contributed by atoms with E-state index in [-0.39, 0.29) is 16.9 Å². The molecular formula is C12H8FN3O3. The predicted molar refractivity (Wildman–Crippen MR) is 63.3 cm³/mol. The molecule has 19 heavy (non-hydrogen) atoms. The van der Waals surface area contributed by atoms with Crippen molar-refractivity contribution in [3.8, 4) is 0 Å². The third kappa shape index (κ3) is 2.89. The molecule has 2 rings (SSSR count). The monoisotopic (exact) mass is 261 g/mol. The largest absolute Gasteiger partial charge is 0.477 e. The lowest BCUT2D eigenvalue weighted by Crippen LogP contribution is -2.14. The number of halogens is 1. The average molecular weight is 261 g/mol. The number of aromatic carboxylic acids is 1. The minimum Gasteiger partial charge on any atom is -0.477 e. The topological polar surface area (TPSA) is 92.2 Å². The second kappa shape index (κ2) is 5.21. The van der Waals surface area contributed by atoms with Gasteiger partial charge in [-0.1, -0.05) is 0 Å². The van der Waals surface area contributed by atoms with Crippen LogP contribution in [0.2, 0.25) is 0 Å². The Kier molecular flexibility index (Phi) is 3.46. The Morgan fingerprint density at radius 2 is 2.00 bits per heavy atom. The molecule has 0 aliphatic rings. The maximum Gasteiger partial charge on any atom is 0.354 e. The van der Waals surface area contributed by atoms with E-state index in [0.717, 1.165) is 6.20 Å². The number of hydrogen-bond acceptors (Lipinski definition) is 4. The van der Waals surface area contributed by atoms with Crippen LogP contribution in [0.15, 0.2) is 36.8 Å². The molecule has 0 fully saturated rings. The van der Waals surface area contributed by atoms with Crippen LogP contribution in [0.3, 0.4) is 0 Å². The fraction of sp³-hybridized carbons (Fsp3) is 0. The van der Waals surface area contributed by atoms with Gasteiger partial charge in [0.25, 0.3) is 5.91 Å². The van der Waals surface area contributed by atoms with Crippen LogP contribution in [0.5, 0.6) is 0 Å². The second-order valence-corrected chi connectivity index (χ2v) is 3.55. The molecule has 0 aliphatic carbocycles. The number of nitrogens with zero attached hydrogens (tertiary/aromatic N) is 2. The summed E-state index contributed by atoms with van der Waals surface area (Å²) in [6.45, 7) is 0. The number of rotatable bonds is 3. The van der Waals surface area contributed by atoms with Crippen molar-refractivity contribution in [2.75, 3.05) is 5.32 Å². The van der Waals surface area contributed by atoms with Gasteiger partial charge in [-0.3, -0.25) is 9.78 Å². The van der Waals surface area contributed by atoms with Gasteiger partial charge in [0.1, 0.15) is 5.69 Å². The maximum atomic E-state index is 13.3. The van der Waals surface area contributed by atoms with Gasteiger partial charge >= 0.3 is 5.97 Å². The molecule has 0 aliphatic heterocycles. The summed E-state index contributed by atoms with van der Waals surface area (Å²) in [7, 11) is 0. The van der Waals surface area contributed by atoms with Crippen molar-refractivity contribution in [1.82, 2.24) is 9.97 Å². The quantitative estimate of drug-likeness (QED) is 0.874. The Hall–Kier alpha value is -2.83. The zero-order chi connectivity index (χ0) is 13.8. The molecular weight excluding hydrogens is 253 g/mol. The Balaban J connectivity index is 2.15. The van der Waals surface area contributed by atoms with Gasteiger partial charge in [0, 0.05) is 6.20 Å². The number of nitrogens with one attached hydrogen (secondary N) is 1. The van der Waals surface area contributed by atoms with E-state index < -0.39 is 17.7 Å².